The first kappa shape index (κ1) is 17.3. The molecule has 0 fully saturated rings. The van der Waals surface area contributed by atoms with Gasteiger partial charge in [0.1, 0.15) is 0 Å². The molecule has 8 heteroatoms. The van der Waals surface area contributed by atoms with Crippen LogP contribution in [0.3, 0.4) is 0 Å². The number of benzene rings is 1. The Hall–Kier alpha value is -2.74. The summed E-state index contributed by atoms with van der Waals surface area (Å²) >= 11 is 0. The second kappa shape index (κ2) is 6.35. The molecule has 0 bridgehead atoms. The maximum atomic E-state index is 12.1. The number of imide groups is 1. The molecule has 22 heavy (non-hydrogen) atoms. The first-order valence-corrected chi connectivity index (χ1v) is 6.41. The number of likely N-dealkylation sites (N-methyl/N-ethyl adjacent to an activating group) is 1. The number of anilines is 1. The molecule has 0 spiro atoms. The number of amides is 2. The standard InChI is InChI=1S/C14H17N3O5/c1-9(2)13(18)17(4,14(19)20)10(3)15-11-5-7-12(8-6-11)16(21)22/h5-8,10,15H,1H2,2-4H3/p+1. The molecule has 0 saturated carbocycles. The Labute approximate surface area is 127 Å². The Morgan fingerprint density at radius 3 is 2.23 bits per heavy atom. The summed E-state index contributed by atoms with van der Waals surface area (Å²) in [4.78, 5) is 33.7. The summed E-state index contributed by atoms with van der Waals surface area (Å²) in [6, 6.07) is 5.49. The average Bonchev–Trinajstić information content (AvgIpc) is 2.45. The fourth-order valence-electron chi connectivity index (χ4n) is 1.87. The van der Waals surface area contributed by atoms with Crippen molar-refractivity contribution in [3.05, 3.63) is 46.5 Å². The van der Waals surface area contributed by atoms with Gasteiger partial charge >= 0.3 is 12.0 Å². The van der Waals surface area contributed by atoms with Crippen molar-refractivity contribution in [1.82, 2.24) is 0 Å². The zero-order chi connectivity index (χ0) is 17.1. The molecule has 2 amide bonds. The summed E-state index contributed by atoms with van der Waals surface area (Å²) in [5, 5.41) is 22.9. The second-order valence-electron chi connectivity index (χ2n) is 5.07. The number of carboxylic acid groups (broad SMARTS) is 1. The van der Waals surface area contributed by atoms with Crippen molar-refractivity contribution < 1.29 is 24.1 Å². The van der Waals surface area contributed by atoms with E-state index in [0.717, 1.165) is 0 Å². The van der Waals surface area contributed by atoms with E-state index in [2.05, 4.69) is 11.9 Å². The van der Waals surface area contributed by atoms with Gasteiger partial charge in [-0.05, 0) is 19.1 Å². The molecule has 1 rings (SSSR count). The van der Waals surface area contributed by atoms with Crippen molar-refractivity contribution in [2.75, 3.05) is 12.4 Å². The molecular formula is C14H18N3O5+. The smallest absolute Gasteiger partial charge is 0.435 e. The third-order valence-corrected chi connectivity index (χ3v) is 3.41. The monoisotopic (exact) mass is 308 g/mol. The van der Waals surface area contributed by atoms with Crippen molar-refractivity contribution >= 4 is 23.4 Å². The van der Waals surface area contributed by atoms with Crippen LogP contribution in [0.5, 0.6) is 0 Å². The first-order valence-electron chi connectivity index (χ1n) is 6.41. The molecule has 2 unspecified atom stereocenters. The molecule has 0 aliphatic heterocycles. The molecule has 8 nitrogen and oxygen atoms in total. The SMILES string of the molecule is C=C(C)C(=O)[N+](C)(C(=O)O)C(C)Nc1ccc([N+](=O)[O-])cc1. The van der Waals surface area contributed by atoms with Crippen molar-refractivity contribution in [3.8, 4) is 0 Å². The molecule has 0 aliphatic rings. The minimum atomic E-state index is -1.32. The van der Waals surface area contributed by atoms with E-state index in [0.29, 0.717) is 5.69 Å². The van der Waals surface area contributed by atoms with Crippen LogP contribution in [0, 0.1) is 10.1 Å². The lowest BCUT2D eigenvalue weighted by atomic mass is 10.2. The van der Waals surface area contributed by atoms with Crippen molar-refractivity contribution in [3.63, 3.8) is 0 Å². The molecule has 1 aromatic rings. The molecule has 0 radical (unpaired) electrons. The van der Waals surface area contributed by atoms with E-state index in [1.54, 1.807) is 0 Å². The van der Waals surface area contributed by atoms with Crippen molar-refractivity contribution in [2.24, 2.45) is 0 Å². The van der Waals surface area contributed by atoms with Crippen LogP contribution in [0.2, 0.25) is 0 Å². The van der Waals surface area contributed by atoms with Crippen LogP contribution < -0.4 is 5.32 Å². The number of nitro groups is 1. The Balaban J connectivity index is 3.04. The summed E-state index contributed by atoms with van der Waals surface area (Å²) in [5.41, 5.74) is 0.521. The van der Waals surface area contributed by atoms with Gasteiger partial charge < -0.3 is 10.4 Å². The lowest BCUT2D eigenvalue weighted by molar-refractivity contribution is -0.779. The highest BCUT2D eigenvalue weighted by molar-refractivity contribution is 5.92. The summed E-state index contributed by atoms with van der Waals surface area (Å²) in [7, 11) is 1.27. The van der Waals surface area contributed by atoms with Gasteiger partial charge in [0.05, 0.1) is 12.0 Å². The number of non-ortho nitro benzene ring substituents is 1. The van der Waals surface area contributed by atoms with Crippen LogP contribution in [0.25, 0.3) is 0 Å². The number of quaternary nitrogens is 1. The van der Waals surface area contributed by atoms with Crippen molar-refractivity contribution in [2.45, 2.75) is 20.0 Å². The zero-order valence-electron chi connectivity index (χ0n) is 12.6. The van der Waals surface area contributed by atoms with Crippen LogP contribution in [0.15, 0.2) is 36.4 Å². The fourth-order valence-corrected chi connectivity index (χ4v) is 1.87. The lowest BCUT2D eigenvalue weighted by Crippen LogP contribution is -2.61. The van der Waals surface area contributed by atoms with Crippen LogP contribution in [-0.4, -0.2) is 39.7 Å². The predicted molar refractivity (Wildman–Crippen MR) is 80.2 cm³/mol. The molecular weight excluding hydrogens is 290 g/mol. The van der Waals surface area contributed by atoms with E-state index < -0.39 is 27.6 Å². The normalized spacial score (nSPS) is 14.5. The summed E-state index contributed by atoms with van der Waals surface area (Å²) in [5.74, 6) is -0.630. The van der Waals surface area contributed by atoms with Gasteiger partial charge in [0.25, 0.3) is 5.69 Å². The Morgan fingerprint density at radius 2 is 1.86 bits per heavy atom. The number of hydrogen-bond acceptors (Lipinski definition) is 5. The number of rotatable bonds is 5. The minimum Gasteiger partial charge on any atom is -0.435 e. The summed E-state index contributed by atoms with van der Waals surface area (Å²) in [6.45, 7) is 6.48. The van der Waals surface area contributed by atoms with Gasteiger partial charge in [0.2, 0.25) is 0 Å². The van der Waals surface area contributed by atoms with Crippen LogP contribution >= 0.6 is 0 Å². The summed E-state index contributed by atoms with van der Waals surface area (Å²) < 4.78 is -0.924. The molecule has 2 N–H and O–H groups in total. The van der Waals surface area contributed by atoms with Crippen LogP contribution in [0.1, 0.15) is 13.8 Å². The largest absolute Gasteiger partial charge is 0.522 e. The Bertz CT molecular complexity index is 626. The van der Waals surface area contributed by atoms with Gasteiger partial charge in [0.15, 0.2) is 6.17 Å². The predicted octanol–water partition coefficient (Wildman–Crippen LogP) is 2.58. The second-order valence-corrected chi connectivity index (χ2v) is 5.07. The van der Waals surface area contributed by atoms with Crippen LogP contribution in [-0.2, 0) is 4.79 Å². The van der Waals surface area contributed by atoms with E-state index in [9.17, 15) is 24.8 Å². The van der Waals surface area contributed by atoms with Gasteiger partial charge in [-0.15, -0.1) is 4.48 Å². The van der Waals surface area contributed by atoms with Gasteiger partial charge in [-0.25, -0.2) is 4.79 Å². The van der Waals surface area contributed by atoms with Gasteiger partial charge in [-0.1, -0.05) is 6.58 Å². The molecule has 0 saturated heterocycles. The van der Waals surface area contributed by atoms with E-state index in [1.165, 1.54) is 45.2 Å². The lowest BCUT2D eigenvalue weighted by Gasteiger charge is -2.32. The third kappa shape index (κ3) is 3.29. The number of nitro benzene ring substituents is 1. The molecule has 1 aromatic carbocycles. The van der Waals surface area contributed by atoms with Gasteiger partial charge in [-0.2, -0.15) is 4.79 Å². The highest BCUT2D eigenvalue weighted by Gasteiger charge is 2.46. The van der Waals surface area contributed by atoms with E-state index in [1.807, 2.05) is 0 Å². The number of nitrogens with one attached hydrogen (secondary N) is 1. The first-order chi connectivity index (χ1) is 10.1. The Kier molecular flexibility index (Phi) is 5.00. The van der Waals surface area contributed by atoms with Gasteiger partial charge in [0, 0.05) is 30.3 Å². The topological polar surface area (TPSA) is 110 Å². The van der Waals surface area contributed by atoms with Crippen molar-refractivity contribution in [1.29, 1.82) is 0 Å². The third-order valence-electron chi connectivity index (χ3n) is 3.41. The number of carbonyl (C=O) groups is 2. The summed E-state index contributed by atoms with van der Waals surface area (Å²) in [6.07, 6.45) is -2.13. The van der Waals surface area contributed by atoms with Gasteiger partial charge in [-0.3, -0.25) is 10.1 Å². The fraction of sp³-hybridized carbons (Fsp3) is 0.286. The molecule has 0 heterocycles. The minimum absolute atomic E-state index is 0.0771. The highest BCUT2D eigenvalue weighted by Crippen LogP contribution is 2.21. The van der Waals surface area contributed by atoms with E-state index >= 15 is 0 Å². The van der Waals surface area contributed by atoms with E-state index in [4.69, 9.17) is 0 Å². The zero-order valence-corrected chi connectivity index (χ0v) is 12.6. The molecule has 118 valence electrons. The van der Waals surface area contributed by atoms with E-state index in [-0.39, 0.29) is 11.3 Å². The Morgan fingerprint density at radius 1 is 1.36 bits per heavy atom. The molecule has 0 aliphatic carbocycles. The molecule has 2 atom stereocenters. The number of carbonyl (C=O) groups excluding carboxylic acids is 1. The number of hydrogen-bond donors (Lipinski definition) is 2. The quantitative estimate of drug-likeness (QED) is 0.284. The van der Waals surface area contributed by atoms with Crippen LogP contribution in [0.4, 0.5) is 16.2 Å². The maximum Gasteiger partial charge on any atom is 0.522 e. The maximum absolute atomic E-state index is 12.1. The molecule has 0 aromatic heterocycles. The highest BCUT2D eigenvalue weighted by atomic mass is 16.6. The number of nitrogens with zero attached hydrogens (tertiary/aromatic N) is 2. The average molecular weight is 308 g/mol.